The van der Waals surface area contributed by atoms with Gasteiger partial charge in [0.25, 0.3) is 0 Å². The first-order valence-corrected chi connectivity index (χ1v) is 8.68. The third-order valence-corrected chi connectivity index (χ3v) is 5.60. The number of hydrogen-bond acceptors (Lipinski definition) is 2. The maximum atomic E-state index is 6.26. The van der Waals surface area contributed by atoms with Crippen LogP contribution < -0.4 is 10.1 Å². The Hall–Kier alpha value is -0.440. The average molecular weight is 328 g/mol. The minimum Gasteiger partial charge on any atom is -0.492 e. The number of halogens is 2. The molecule has 3 rings (SSSR count). The summed E-state index contributed by atoms with van der Waals surface area (Å²) in [6.45, 7) is 5.44. The number of fused-ring (bicyclic) bond motifs is 1. The predicted octanol–water partition coefficient (Wildman–Crippen LogP) is 5.23. The molecule has 0 radical (unpaired) electrons. The molecule has 0 saturated heterocycles. The number of ether oxygens (including phenoxy) is 1. The molecule has 1 aliphatic heterocycles. The van der Waals surface area contributed by atoms with Crippen molar-refractivity contribution in [3.8, 4) is 5.75 Å². The van der Waals surface area contributed by atoms with E-state index in [-0.39, 0.29) is 0 Å². The summed E-state index contributed by atoms with van der Waals surface area (Å²) in [4.78, 5) is 0. The number of rotatable bonds is 2. The van der Waals surface area contributed by atoms with Gasteiger partial charge in [-0.15, -0.1) is 0 Å². The fourth-order valence-corrected chi connectivity index (χ4v) is 4.15. The van der Waals surface area contributed by atoms with Crippen LogP contribution in [-0.2, 0) is 0 Å². The monoisotopic (exact) mass is 327 g/mol. The Bertz CT molecular complexity index is 520. The highest BCUT2D eigenvalue weighted by Gasteiger charge is 2.29. The largest absolute Gasteiger partial charge is 0.492 e. The summed E-state index contributed by atoms with van der Waals surface area (Å²) < 4.78 is 5.74. The van der Waals surface area contributed by atoms with E-state index in [0.29, 0.717) is 28.7 Å². The second kappa shape index (κ2) is 6.36. The lowest BCUT2D eigenvalue weighted by molar-refractivity contribution is 0.192. The van der Waals surface area contributed by atoms with Gasteiger partial charge in [-0.2, -0.15) is 0 Å². The third kappa shape index (κ3) is 3.33. The van der Waals surface area contributed by atoms with Crippen molar-refractivity contribution in [1.82, 2.24) is 5.32 Å². The normalized spacial score (nSPS) is 32.4. The first-order chi connectivity index (χ1) is 10.0. The Balaban J connectivity index is 1.76. The van der Waals surface area contributed by atoms with Crippen LogP contribution in [0.3, 0.4) is 0 Å². The standard InChI is InChI=1S/C17H23Cl2NO/c1-10-3-4-13(7-11(10)2)20-16-5-6-21-17-14(16)8-12(18)9-15(17)19/h8-11,13,16,20H,3-7H2,1-2H3. The van der Waals surface area contributed by atoms with Crippen LogP contribution in [0.2, 0.25) is 10.0 Å². The van der Waals surface area contributed by atoms with Gasteiger partial charge in [0.2, 0.25) is 0 Å². The fraction of sp³-hybridized carbons (Fsp3) is 0.647. The highest BCUT2D eigenvalue weighted by Crippen LogP contribution is 2.41. The zero-order chi connectivity index (χ0) is 15.0. The zero-order valence-corrected chi connectivity index (χ0v) is 14.2. The van der Waals surface area contributed by atoms with E-state index in [0.717, 1.165) is 29.6 Å². The molecule has 116 valence electrons. The summed E-state index contributed by atoms with van der Waals surface area (Å²) in [6.07, 6.45) is 4.80. The molecule has 0 amide bonds. The third-order valence-electron chi connectivity index (χ3n) is 5.10. The maximum absolute atomic E-state index is 6.26. The second-order valence-electron chi connectivity index (χ2n) is 6.63. The highest BCUT2D eigenvalue weighted by molar-refractivity contribution is 6.35. The molecule has 4 atom stereocenters. The Kier molecular flexibility index (Phi) is 4.68. The molecule has 0 bridgehead atoms. The first kappa shape index (κ1) is 15.5. The van der Waals surface area contributed by atoms with E-state index in [9.17, 15) is 0 Å². The van der Waals surface area contributed by atoms with Crippen LogP contribution in [0.1, 0.15) is 51.1 Å². The summed E-state index contributed by atoms with van der Waals surface area (Å²) in [5, 5.41) is 5.12. The van der Waals surface area contributed by atoms with Crippen LogP contribution in [0.4, 0.5) is 0 Å². The van der Waals surface area contributed by atoms with E-state index >= 15 is 0 Å². The van der Waals surface area contributed by atoms with Crippen LogP contribution >= 0.6 is 23.2 Å². The lowest BCUT2D eigenvalue weighted by atomic mass is 9.78. The Labute approximate surface area is 137 Å². The molecule has 1 aromatic carbocycles. The molecule has 21 heavy (non-hydrogen) atoms. The molecule has 2 aliphatic rings. The van der Waals surface area contributed by atoms with E-state index in [1.54, 1.807) is 6.07 Å². The van der Waals surface area contributed by atoms with Gasteiger partial charge in [0.15, 0.2) is 0 Å². The Morgan fingerprint density at radius 1 is 1.10 bits per heavy atom. The quantitative estimate of drug-likeness (QED) is 0.802. The molecular formula is C17H23Cl2NO. The van der Waals surface area contributed by atoms with Crippen molar-refractivity contribution in [3.05, 3.63) is 27.7 Å². The maximum Gasteiger partial charge on any atom is 0.142 e. The van der Waals surface area contributed by atoms with E-state index < -0.39 is 0 Å². The molecule has 1 N–H and O–H groups in total. The molecule has 2 nitrogen and oxygen atoms in total. The molecule has 0 aromatic heterocycles. The minimum absolute atomic E-state index is 0.301. The average Bonchev–Trinajstić information content (AvgIpc) is 2.44. The van der Waals surface area contributed by atoms with Crippen molar-refractivity contribution in [3.63, 3.8) is 0 Å². The molecule has 1 aromatic rings. The van der Waals surface area contributed by atoms with Gasteiger partial charge in [-0.05, 0) is 43.2 Å². The topological polar surface area (TPSA) is 21.3 Å². The van der Waals surface area contributed by atoms with Crippen LogP contribution in [-0.4, -0.2) is 12.6 Å². The van der Waals surface area contributed by atoms with Crippen molar-refractivity contribution in [2.45, 2.75) is 51.6 Å². The Morgan fingerprint density at radius 2 is 1.90 bits per heavy atom. The Morgan fingerprint density at radius 3 is 2.67 bits per heavy atom. The molecule has 4 unspecified atom stereocenters. The van der Waals surface area contributed by atoms with Gasteiger partial charge in [-0.25, -0.2) is 0 Å². The van der Waals surface area contributed by atoms with Gasteiger partial charge in [-0.3, -0.25) is 0 Å². The molecule has 4 heteroatoms. The van der Waals surface area contributed by atoms with Crippen LogP contribution in [0.25, 0.3) is 0 Å². The predicted molar refractivity (Wildman–Crippen MR) is 88.4 cm³/mol. The SMILES string of the molecule is CC1CCC(NC2CCOc3c(Cl)cc(Cl)cc32)CC1C. The van der Waals surface area contributed by atoms with Crippen LogP contribution in [0.5, 0.6) is 5.75 Å². The van der Waals surface area contributed by atoms with E-state index in [4.69, 9.17) is 27.9 Å². The van der Waals surface area contributed by atoms with Crippen molar-refractivity contribution in [2.24, 2.45) is 11.8 Å². The molecule has 1 heterocycles. The molecule has 0 spiro atoms. The van der Waals surface area contributed by atoms with Crippen LogP contribution in [0, 0.1) is 11.8 Å². The molecule has 1 saturated carbocycles. The second-order valence-corrected chi connectivity index (χ2v) is 7.47. The number of benzene rings is 1. The number of nitrogens with one attached hydrogen (secondary N) is 1. The summed E-state index contributed by atoms with van der Waals surface area (Å²) in [5.74, 6) is 2.44. The lowest BCUT2D eigenvalue weighted by Crippen LogP contribution is -2.40. The van der Waals surface area contributed by atoms with Gasteiger partial charge in [0, 0.05) is 29.1 Å². The summed E-state index contributed by atoms with van der Waals surface area (Å²) in [6, 6.07) is 4.64. The van der Waals surface area contributed by atoms with Gasteiger partial charge in [-0.1, -0.05) is 37.0 Å². The summed E-state index contributed by atoms with van der Waals surface area (Å²) in [5.41, 5.74) is 1.12. The van der Waals surface area contributed by atoms with Crippen molar-refractivity contribution >= 4 is 23.2 Å². The minimum atomic E-state index is 0.301. The fourth-order valence-electron chi connectivity index (χ4n) is 3.58. The number of hydrogen-bond donors (Lipinski definition) is 1. The van der Waals surface area contributed by atoms with Gasteiger partial charge in [0.1, 0.15) is 5.75 Å². The molecular weight excluding hydrogens is 305 g/mol. The molecule has 1 aliphatic carbocycles. The van der Waals surface area contributed by atoms with E-state index in [1.165, 1.54) is 19.3 Å². The van der Waals surface area contributed by atoms with Gasteiger partial charge in [0.05, 0.1) is 11.6 Å². The lowest BCUT2D eigenvalue weighted by Gasteiger charge is -2.37. The molecule has 1 fully saturated rings. The van der Waals surface area contributed by atoms with E-state index in [1.807, 2.05) is 6.07 Å². The van der Waals surface area contributed by atoms with Crippen molar-refractivity contribution in [2.75, 3.05) is 6.61 Å². The summed E-state index contributed by atoms with van der Waals surface area (Å²) in [7, 11) is 0. The van der Waals surface area contributed by atoms with Crippen LogP contribution in [0.15, 0.2) is 12.1 Å². The zero-order valence-electron chi connectivity index (χ0n) is 12.7. The van der Waals surface area contributed by atoms with Gasteiger partial charge < -0.3 is 10.1 Å². The van der Waals surface area contributed by atoms with Gasteiger partial charge >= 0.3 is 0 Å². The van der Waals surface area contributed by atoms with E-state index in [2.05, 4.69) is 19.2 Å². The highest BCUT2D eigenvalue weighted by atomic mass is 35.5. The van der Waals surface area contributed by atoms with Crippen molar-refractivity contribution < 1.29 is 4.74 Å². The first-order valence-electron chi connectivity index (χ1n) is 7.92. The van der Waals surface area contributed by atoms with Crippen molar-refractivity contribution in [1.29, 1.82) is 0 Å². The smallest absolute Gasteiger partial charge is 0.142 e. The summed E-state index contributed by atoms with van der Waals surface area (Å²) >= 11 is 12.4.